The first-order chi connectivity index (χ1) is 9.28. The van der Waals surface area contributed by atoms with E-state index in [1.54, 1.807) is 18.4 Å². The molecule has 1 atom stereocenters. The average Bonchev–Trinajstić information content (AvgIpc) is 2.87. The normalized spacial score (nSPS) is 18.9. The molecule has 0 spiro atoms. The van der Waals surface area contributed by atoms with Crippen molar-refractivity contribution in [2.75, 3.05) is 20.7 Å². The Morgan fingerprint density at radius 1 is 1.21 bits per heavy atom. The highest BCUT2D eigenvalue weighted by molar-refractivity contribution is 7.10. The third-order valence-electron chi connectivity index (χ3n) is 3.36. The van der Waals surface area contributed by atoms with Crippen LogP contribution in [0.3, 0.4) is 0 Å². The summed E-state index contributed by atoms with van der Waals surface area (Å²) in [5, 5.41) is 2.14. The van der Waals surface area contributed by atoms with Crippen molar-refractivity contribution in [2.24, 2.45) is 0 Å². The molecule has 0 amide bonds. The molecular formula is C15H17NO2S. The van der Waals surface area contributed by atoms with Crippen LogP contribution in [-0.4, -0.2) is 25.6 Å². The quantitative estimate of drug-likeness (QED) is 0.857. The molecule has 19 heavy (non-hydrogen) atoms. The smallest absolute Gasteiger partial charge is 0.162 e. The average molecular weight is 275 g/mol. The molecule has 0 bridgehead atoms. The second-order valence-electron chi connectivity index (χ2n) is 4.75. The van der Waals surface area contributed by atoms with Gasteiger partial charge in [-0.1, -0.05) is 12.1 Å². The molecular weight excluding hydrogens is 258 g/mol. The van der Waals surface area contributed by atoms with Crippen LogP contribution in [0.25, 0.3) is 0 Å². The molecule has 0 N–H and O–H groups in total. The number of nitrogens with zero attached hydrogens (tertiary/aromatic N) is 1. The van der Waals surface area contributed by atoms with E-state index < -0.39 is 0 Å². The van der Waals surface area contributed by atoms with Gasteiger partial charge in [-0.05, 0) is 30.6 Å². The van der Waals surface area contributed by atoms with E-state index >= 15 is 0 Å². The third-order valence-corrected chi connectivity index (χ3v) is 4.28. The van der Waals surface area contributed by atoms with Crippen molar-refractivity contribution < 1.29 is 9.47 Å². The molecule has 0 saturated heterocycles. The summed E-state index contributed by atoms with van der Waals surface area (Å²) in [5.41, 5.74) is 1.31. The molecule has 1 unspecified atom stereocenters. The van der Waals surface area contributed by atoms with Crippen molar-refractivity contribution in [2.45, 2.75) is 12.6 Å². The summed E-state index contributed by atoms with van der Waals surface area (Å²) < 4.78 is 11.5. The van der Waals surface area contributed by atoms with Crippen LogP contribution in [0.2, 0.25) is 0 Å². The molecule has 0 radical (unpaired) electrons. The van der Waals surface area contributed by atoms with E-state index in [4.69, 9.17) is 9.47 Å². The van der Waals surface area contributed by atoms with Crippen molar-refractivity contribution in [1.82, 2.24) is 4.90 Å². The second kappa shape index (κ2) is 5.23. The zero-order valence-electron chi connectivity index (χ0n) is 11.1. The second-order valence-corrected chi connectivity index (χ2v) is 5.75. The van der Waals surface area contributed by atoms with Crippen LogP contribution in [-0.2, 0) is 6.54 Å². The van der Waals surface area contributed by atoms with E-state index in [0.29, 0.717) is 0 Å². The van der Waals surface area contributed by atoms with Crippen LogP contribution >= 0.6 is 11.3 Å². The van der Waals surface area contributed by atoms with E-state index in [0.717, 1.165) is 24.6 Å². The Hall–Kier alpha value is -1.52. The first kappa shape index (κ1) is 12.5. The predicted molar refractivity (Wildman–Crippen MR) is 77.0 cm³/mol. The monoisotopic (exact) mass is 275 g/mol. The molecule has 2 aromatic rings. The number of thiophene rings is 1. The van der Waals surface area contributed by atoms with Gasteiger partial charge in [-0.3, -0.25) is 4.90 Å². The largest absolute Gasteiger partial charge is 0.493 e. The highest BCUT2D eigenvalue weighted by Crippen LogP contribution is 2.36. The summed E-state index contributed by atoms with van der Waals surface area (Å²) in [6.07, 6.45) is 0.0799. The zero-order valence-corrected chi connectivity index (χ0v) is 11.9. The lowest BCUT2D eigenvalue weighted by molar-refractivity contribution is 0.127. The molecule has 1 aliphatic heterocycles. The molecule has 1 aliphatic rings. The van der Waals surface area contributed by atoms with Crippen molar-refractivity contribution >= 4 is 11.3 Å². The fraction of sp³-hybridized carbons (Fsp3) is 0.333. The lowest BCUT2D eigenvalue weighted by Gasteiger charge is -2.30. The predicted octanol–water partition coefficient (Wildman–Crippen LogP) is 3.32. The van der Waals surface area contributed by atoms with Gasteiger partial charge in [0.05, 0.1) is 7.11 Å². The SMILES string of the molecule is COc1ccccc1OC1CN(C)Cc2sccc21. The number of benzene rings is 1. The van der Waals surface area contributed by atoms with Crippen molar-refractivity contribution in [3.63, 3.8) is 0 Å². The van der Waals surface area contributed by atoms with E-state index in [2.05, 4.69) is 23.4 Å². The number of hydrogen-bond acceptors (Lipinski definition) is 4. The molecule has 3 rings (SSSR count). The number of methoxy groups -OCH3 is 1. The molecule has 1 aromatic heterocycles. The summed E-state index contributed by atoms with van der Waals surface area (Å²) >= 11 is 1.80. The Labute approximate surface area is 117 Å². The maximum absolute atomic E-state index is 6.17. The number of hydrogen-bond donors (Lipinski definition) is 0. The van der Waals surface area contributed by atoms with E-state index in [-0.39, 0.29) is 6.10 Å². The number of para-hydroxylation sites is 2. The number of fused-ring (bicyclic) bond motifs is 1. The highest BCUT2D eigenvalue weighted by Gasteiger charge is 2.26. The van der Waals surface area contributed by atoms with Gasteiger partial charge in [0.1, 0.15) is 6.10 Å². The third kappa shape index (κ3) is 2.46. The molecule has 0 saturated carbocycles. The van der Waals surface area contributed by atoms with Crippen LogP contribution in [0.1, 0.15) is 16.5 Å². The van der Waals surface area contributed by atoms with Crippen LogP contribution in [0.4, 0.5) is 0 Å². The van der Waals surface area contributed by atoms with E-state index in [9.17, 15) is 0 Å². The zero-order chi connectivity index (χ0) is 13.2. The molecule has 3 nitrogen and oxygen atoms in total. The molecule has 1 aromatic carbocycles. The minimum absolute atomic E-state index is 0.0799. The Morgan fingerprint density at radius 3 is 2.79 bits per heavy atom. The summed E-state index contributed by atoms with van der Waals surface area (Å²) in [6.45, 7) is 1.92. The highest BCUT2D eigenvalue weighted by atomic mass is 32.1. The van der Waals surface area contributed by atoms with Gasteiger partial charge in [-0.15, -0.1) is 11.3 Å². The maximum atomic E-state index is 6.17. The van der Waals surface area contributed by atoms with Gasteiger partial charge in [0.25, 0.3) is 0 Å². The van der Waals surface area contributed by atoms with E-state index in [1.807, 2.05) is 24.3 Å². The Kier molecular flexibility index (Phi) is 3.44. The summed E-state index contributed by atoms with van der Waals surface area (Å²) in [7, 11) is 3.80. The maximum Gasteiger partial charge on any atom is 0.162 e. The molecule has 0 fully saturated rings. The lowest BCUT2D eigenvalue weighted by atomic mass is 10.1. The van der Waals surface area contributed by atoms with E-state index in [1.165, 1.54) is 10.4 Å². The van der Waals surface area contributed by atoms with Gasteiger partial charge in [0.2, 0.25) is 0 Å². The summed E-state index contributed by atoms with van der Waals surface area (Å²) in [5.74, 6) is 1.59. The summed E-state index contributed by atoms with van der Waals surface area (Å²) in [6, 6.07) is 9.98. The minimum atomic E-state index is 0.0799. The number of rotatable bonds is 3. The van der Waals surface area contributed by atoms with Gasteiger partial charge in [-0.2, -0.15) is 0 Å². The lowest BCUT2D eigenvalue weighted by Crippen LogP contribution is -2.32. The first-order valence-electron chi connectivity index (χ1n) is 6.32. The van der Waals surface area contributed by atoms with Crippen molar-refractivity contribution in [3.8, 4) is 11.5 Å². The van der Waals surface area contributed by atoms with Crippen LogP contribution in [0.15, 0.2) is 35.7 Å². The minimum Gasteiger partial charge on any atom is -0.493 e. The van der Waals surface area contributed by atoms with Crippen LogP contribution in [0, 0.1) is 0 Å². The molecule has 100 valence electrons. The molecule has 4 heteroatoms. The fourth-order valence-corrected chi connectivity index (χ4v) is 3.44. The van der Waals surface area contributed by atoms with Crippen molar-refractivity contribution in [1.29, 1.82) is 0 Å². The van der Waals surface area contributed by atoms with Gasteiger partial charge in [-0.25, -0.2) is 0 Å². The van der Waals surface area contributed by atoms with Gasteiger partial charge in [0, 0.05) is 23.5 Å². The van der Waals surface area contributed by atoms with Crippen LogP contribution < -0.4 is 9.47 Å². The number of likely N-dealkylation sites (N-methyl/N-ethyl adjacent to an activating group) is 1. The number of ether oxygens (including phenoxy) is 2. The van der Waals surface area contributed by atoms with Gasteiger partial charge < -0.3 is 9.47 Å². The first-order valence-corrected chi connectivity index (χ1v) is 7.20. The van der Waals surface area contributed by atoms with Gasteiger partial charge >= 0.3 is 0 Å². The summed E-state index contributed by atoms with van der Waals surface area (Å²) in [4.78, 5) is 3.69. The Morgan fingerprint density at radius 2 is 2.00 bits per heavy atom. The van der Waals surface area contributed by atoms with Crippen LogP contribution in [0.5, 0.6) is 11.5 Å². The Balaban J connectivity index is 1.88. The topological polar surface area (TPSA) is 21.7 Å². The van der Waals surface area contributed by atoms with Crippen molar-refractivity contribution in [3.05, 3.63) is 46.2 Å². The standard InChI is InChI=1S/C15H17NO2S/c1-16-9-14(11-7-8-19-15(11)10-16)18-13-6-4-3-5-12(13)17-2/h3-8,14H,9-10H2,1-2H3. The molecule has 0 aliphatic carbocycles. The Bertz CT molecular complexity index is 567. The van der Waals surface area contributed by atoms with Gasteiger partial charge in [0.15, 0.2) is 11.5 Å². The fourth-order valence-electron chi connectivity index (χ4n) is 2.43. The molecule has 2 heterocycles.